The molecule has 31 heavy (non-hydrogen) atoms. The molecule has 1 aliphatic rings. The number of carbonyl (C=O) groups is 1. The largest absolute Gasteiger partial charge is 0.379 e. The number of benzene rings is 1. The number of hydrogen-bond acceptors (Lipinski definition) is 6. The van der Waals surface area contributed by atoms with Crippen molar-refractivity contribution in [3.63, 3.8) is 0 Å². The van der Waals surface area contributed by atoms with Crippen molar-refractivity contribution in [1.82, 2.24) is 19.9 Å². The normalized spacial score (nSPS) is 16.9. The third-order valence-corrected chi connectivity index (χ3v) is 6.50. The number of nitrogens with zero attached hydrogens (tertiary/aromatic N) is 4. The Bertz CT molecular complexity index is 979. The van der Waals surface area contributed by atoms with Crippen molar-refractivity contribution < 1.29 is 9.53 Å². The Hall–Kier alpha value is -2.45. The lowest BCUT2D eigenvalue weighted by Crippen LogP contribution is -2.43. The van der Waals surface area contributed by atoms with Crippen molar-refractivity contribution >= 4 is 27.3 Å². The van der Waals surface area contributed by atoms with Crippen LogP contribution in [0.4, 0.5) is 5.13 Å². The van der Waals surface area contributed by atoms with Crippen molar-refractivity contribution in [2.75, 3.05) is 31.1 Å². The molecule has 0 bridgehead atoms. The molecule has 166 valence electrons. The van der Waals surface area contributed by atoms with E-state index in [1.54, 1.807) is 11.3 Å². The Kier molecular flexibility index (Phi) is 6.87. The summed E-state index contributed by atoms with van der Waals surface area (Å²) in [5, 5.41) is 8.75. The summed E-state index contributed by atoms with van der Waals surface area (Å²) < 4.78 is 7.39. The molecule has 4 rings (SSSR count). The smallest absolute Gasteiger partial charge is 0.224 e. The predicted octanol–water partition coefficient (Wildman–Crippen LogP) is 3.91. The summed E-state index contributed by atoms with van der Waals surface area (Å²) in [6.07, 6.45) is 4.96. The quantitative estimate of drug-likeness (QED) is 0.537. The monoisotopic (exact) mass is 441 g/mol. The number of aromatic nitrogens is 3. The molecule has 8 heteroatoms. The number of ether oxygens (including phenoxy) is 1. The van der Waals surface area contributed by atoms with Gasteiger partial charge in [0, 0.05) is 31.8 Å². The van der Waals surface area contributed by atoms with E-state index in [-0.39, 0.29) is 17.9 Å². The van der Waals surface area contributed by atoms with E-state index >= 15 is 0 Å². The Morgan fingerprint density at radius 1 is 1.32 bits per heavy atom. The minimum absolute atomic E-state index is 0.000826. The lowest BCUT2D eigenvalue weighted by Gasteiger charge is -2.31. The van der Waals surface area contributed by atoms with Gasteiger partial charge in [0.25, 0.3) is 0 Å². The molecule has 7 nitrogen and oxygen atoms in total. The number of carbonyl (C=O) groups excluding carboxylic acids is 1. The van der Waals surface area contributed by atoms with Gasteiger partial charge in [0.05, 0.1) is 23.9 Å². The number of nitrogens with one attached hydrogen (secondary N) is 1. The van der Waals surface area contributed by atoms with Crippen molar-refractivity contribution in [2.45, 2.75) is 46.1 Å². The lowest BCUT2D eigenvalue weighted by atomic mass is 9.97. The third-order valence-electron chi connectivity index (χ3n) is 5.51. The van der Waals surface area contributed by atoms with E-state index in [1.807, 2.05) is 24.6 Å². The topological polar surface area (TPSA) is 71.8 Å². The van der Waals surface area contributed by atoms with Crippen LogP contribution in [0.3, 0.4) is 0 Å². The van der Waals surface area contributed by atoms with Crippen LogP contribution < -0.4 is 10.2 Å². The van der Waals surface area contributed by atoms with Gasteiger partial charge in [0.2, 0.25) is 16.0 Å². The molecule has 1 aliphatic heterocycles. The molecule has 1 N–H and O–H groups in total. The highest BCUT2D eigenvalue weighted by Crippen LogP contribution is 2.29. The molecular formula is C23H31N5O2S. The van der Waals surface area contributed by atoms with Gasteiger partial charge in [-0.1, -0.05) is 41.2 Å². The summed E-state index contributed by atoms with van der Waals surface area (Å²) in [5.41, 5.74) is 3.26. The van der Waals surface area contributed by atoms with Crippen LogP contribution in [0.2, 0.25) is 0 Å². The first-order chi connectivity index (χ1) is 15.0. The molecule has 1 aromatic carbocycles. The van der Waals surface area contributed by atoms with Crippen LogP contribution in [0, 0.1) is 12.8 Å². The Balaban J connectivity index is 1.35. The molecule has 1 unspecified atom stereocenters. The minimum atomic E-state index is -0.000826. The Morgan fingerprint density at radius 2 is 2.13 bits per heavy atom. The number of rotatable bonds is 8. The molecular weight excluding hydrogens is 410 g/mol. The van der Waals surface area contributed by atoms with Crippen LogP contribution in [0.5, 0.6) is 0 Å². The fraction of sp³-hybridized carbons (Fsp3) is 0.522. The second-order valence-corrected chi connectivity index (χ2v) is 9.39. The maximum atomic E-state index is 12.6. The van der Waals surface area contributed by atoms with E-state index in [9.17, 15) is 4.79 Å². The zero-order valence-electron chi connectivity index (χ0n) is 18.5. The summed E-state index contributed by atoms with van der Waals surface area (Å²) in [5.74, 6) is 0.136. The molecule has 1 amide bonds. The number of amides is 1. The number of aryl methyl sites for hydroxylation is 1. The van der Waals surface area contributed by atoms with Gasteiger partial charge >= 0.3 is 0 Å². The third kappa shape index (κ3) is 5.43. The van der Waals surface area contributed by atoms with Gasteiger partial charge in [-0.2, -0.15) is 0 Å². The highest BCUT2D eigenvalue weighted by molar-refractivity contribution is 7.20. The minimum Gasteiger partial charge on any atom is -0.379 e. The number of hydrogen-bond donors (Lipinski definition) is 1. The average molecular weight is 442 g/mol. The second kappa shape index (κ2) is 9.78. The van der Waals surface area contributed by atoms with Crippen molar-refractivity contribution in [3.8, 4) is 11.3 Å². The first-order valence-electron chi connectivity index (χ1n) is 11.1. The molecule has 0 aliphatic carbocycles. The standard InChI is InChI=1S/C23H31N5O2S/c1-16(2)30-13-5-11-24-21(29)19-6-4-12-27(14-19)23-26-28-15-20(25-22(28)31-23)18-9-7-17(3)8-10-18/h7-10,15-16,19H,4-6,11-14H2,1-3H3,(H,24,29). The molecule has 1 saturated heterocycles. The zero-order valence-corrected chi connectivity index (χ0v) is 19.3. The van der Waals surface area contributed by atoms with Crippen molar-refractivity contribution in [3.05, 3.63) is 36.0 Å². The summed E-state index contributed by atoms with van der Waals surface area (Å²) in [7, 11) is 0. The summed E-state index contributed by atoms with van der Waals surface area (Å²) in [6.45, 7) is 9.09. The van der Waals surface area contributed by atoms with Crippen LogP contribution in [-0.4, -0.2) is 52.9 Å². The summed E-state index contributed by atoms with van der Waals surface area (Å²) in [6, 6.07) is 8.37. The SMILES string of the molecule is Cc1ccc(-c2cn3nc(N4CCCC(C(=O)NCCCOC(C)C)C4)sc3n2)cc1. The number of imidazole rings is 1. The highest BCUT2D eigenvalue weighted by Gasteiger charge is 2.27. The molecule has 0 spiro atoms. The van der Waals surface area contributed by atoms with Gasteiger partial charge in [0.1, 0.15) is 0 Å². The average Bonchev–Trinajstić information content (AvgIpc) is 3.33. The van der Waals surface area contributed by atoms with Gasteiger partial charge in [0.15, 0.2) is 0 Å². The lowest BCUT2D eigenvalue weighted by molar-refractivity contribution is -0.125. The van der Waals surface area contributed by atoms with Crippen molar-refractivity contribution in [2.24, 2.45) is 5.92 Å². The first-order valence-corrected chi connectivity index (χ1v) is 11.9. The van der Waals surface area contributed by atoms with E-state index in [4.69, 9.17) is 14.8 Å². The fourth-order valence-corrected chi connectivity index (χ4v) is 4.71. The van der Waals surface area contributed by atoms with Gasteiger partial charge in [-0.05, 0) is 40.0 Å². The van der Waals surface area contributed by atoms with Crippen LogP contribution in [0.25, 0.3) is 16.2 Å². The van der Waals surface area contributed by atoms with Gasteiger partial charge in [-0.3, -0.25) is 4.79 Å². The molecule has 0 saturated carbocycles. The van der Waals surface area contributed by atoms with Crippen LogP contribution in [0.1, 0.15) is 38.7 Å². The van der Waals surface area contributed by atoms with E-state index in [2.05, 4.69) is 41.4 Å². The highest BCUT2D eigenvalue weighted by atomic mass is 32.1. The maximum Gasteiger partial charge on any atom is 0.224 e. The molecule has 1 atom stereocenters. The zero-order chi connectivity index (χ0) is 21.8. The second-order valence-electron chi connectivity index (χ2n) is 8.45. The molecule has 0 radical (unpaired) electrons. The Morgan fingerprint density at radius 3 is 2.87 bits per heavy atom. The van der Waals surface area contributed by atoms with E-state index in [0.29, 0.717) is 19.7 Å². The van der Waals surface area contributed by atoms with Crippen molar-refractivity contribution in [1.29, 1.82) is 0 Å². The van der Waals surface area contributed by atoms with E-state index in [0.717, 1.165) is 47.2 Å². The van der Waals surface area contributed by atoms with E-state index in [1.165, 1.54) is 5.56 Å². The summed E-state index contributed by atoms with van der Waals surface area (Å²) >= 11 is 1.58. The molecule has 3 heterocycles. The van der Waals surface area contributed by atoms with Gasteiger partial charge in [-0.15, -0.1) is 5.10 Å². The predicted molar refractivity (Wildman–Crippen MR) is 125 cm³/mol. The number of anilines is 1. The number of fused-ring (bicyclic) bond motifs is 1. The Labute approximate surface area is 187 Å². The summed E-state index contributed by atoms with van der Waals surface area (Å²) in [4.78, 5) is 20.5. The van der Waals surface area contributed by atoms with Crippen LogP contribution >= 0.6 is 11.3 Å². The van der Waals surface area contributed by atoms with Gasteiger partial charge < -0.3 is 15.0 Å². The molecule has 1 fully saturated rings. The fourth-order valence-electron chi connectivity index (χ4n) is 3.79. The number of piperidine rings is 1. The molecule has 3 aromatic rings. The first kappa shape index (κ1) is 21.8. The maximum absolute atomic E-state index is 12.6. The van der Waals surface area contributed by atoms with Crippen LogP contribution in [0.15, 0.2) is 30.5 Å². The van der Waals surface area contributed by atoms with E-state index < -0.39 is 0 Å². The van der Waals surface area contributed by atoms with Crippen LogP contribution in [-0.2, 0) is 9.53 Å². The van der Waals surface area contributed by atoms with Gasteiger partial charge in [-0.25, -0.2) is 9.50 Å². The molecule has 2 aromatic heterocycles.